The lowest BCUT2D eigenvalue weighted by Gasteiger charge is -2.21. The molecule has 436 valence electrons. The van der Waals surface area contributed by atoms with Gasteiger partial charge in [0, 0.05) is 26.4 Å². The van der Waals surface area contributed by atoms with Crippen LogP contribution in [0.3, 0.4) is 0 Å². The Kier molecular flexibility index (Phi) is 63.0. The van der Waals surface area contributed by atoms with Gasteiger partial charge < -0.3 is 33.2 Å². The van der Waals surface area contributed by atoms with Crippen molar-refractivity contribution in [3.05, 3.63) is 24.3 Å². The standard InChI is InChI=1S/C66H130O7/c1-7-13-19-23-41-49-59-67-63(68-60-50-42-24-20-14-8-2)53-45-37-33-29-27-31-35-39-47-55-65(71-57-17-11-5)73-66(72-58-18-12-6)56-48-40-36-32-28-30-34-38-46-54-64(69-61-51-43-25-21-15-9-3)70-62-52-44-26-22-16-10-4/h47-48,55-56,63-66H,7-46,49-54,57-62H2,1-6H3. The van der Waals surface area contributed by atoms with E-state index in [9.17, 15) is 0 Å². The van der Waals surface area contributed by atoms with Crippen molar-refractivity contribution in [1.29, 1.82) is 0 Å². The van der Waals surface area contributed by atoms with Crippen molar-refractivity contribution in [3.8, 4) is 0 Å². The molecule has 0 spiro atoms. The van der Waals surface area contributed by atoms with Crippen molar-refractivity contribution in [2.75, 3.05) is 39.6 Å². The number of ether oxygens (including phenoxy) is 7. The molecule has 0 saturated heterocycles. The maximum absolute atomic E-state index is 6.47. The van der Waals surface area contributed by atoms with Gasteiger partial charge in [0.2, 0.25) is 0 Å². The Balaban J connectivity index is 4.60. The minimum Gasteiger partial charge on any atom is -0.353 e. The molecular formula is C66H130O7. The molecule has 0 N–H and O–H groups in total. The molecule has 0 aromatic rings. The summed E-state index contributed by atoms with van der Waals surface area (Å²) in [5, 5.41) is 0. The average Bonchev–Trinajstić information content (AvgIpc) is 3.39. The maximum atomic E-state index is 6.47. The smallest absolute Gasteiger partial charge is 0.180 e. The molecule has 0 saturated carbocycles. The summed E-state index contributed by atoms with van der Waals surface area (Å²) >= 11 is 0. The Morgan fingerprint density at radius 2 is 0.466 bits per heavy atom. The second-order valence-corrected chi connectivity index (χ2v) is 21.7. The Hall–Kier alpha value is -0.800. The van der Waals surface area contributed by atoms with Crippen molar-refractivity contribution in [2.24, 2.45) is 0 Å². The molecule has 7 nitrogen and oxygen atoms in total. The Labute approximate surface area is 457 Å². The highest BCUT2D eigenvalue weighted by Crippen LogP contribution is 2.18. The molecule has 0 amide bonds. The van der Waals surface area contributed by atoms with Gasteiger partial charge in [-0.1, -0.05) is 259 Å². The topological polar surface area (TPSA) is 64.6 Å². The molecule has 0 rings (SSSR count). The fraction of sp³-hybridized carbons (Fsp3) is 0.939. The monoisotopic (exact) mass is 1030 g/mol. The van der Waals surface area contributed by atoms with E-state index in [0.717, 1.165) is 103 Å². The van der Waals surface area contributed by atoms with Crippen molar-refractivity contribution in [3.63, 3.8) is 0 Å². The van der Waals surface area contributed by atoms with E-state index >= 15 is 0 Å². The van der Waals surface area contributed by atoms with Crippen molar-refractivity contribution >= 4 is 0 Å². The van der Waals surface area contributed by atoms with Gasteiger partial charge in [-0.15, -0.1) is 0 Å². The highest BCUT2D eigenvalue weighted by molar-refractivity contribution is 4.90. The van der Waals surface area contributed by atoms with Crippen LogP contribution in [0.2, 0.25) is 0 Å². The van der Waals surface area contributed by atoms with Gasteiger partial charge in [0.25, 0.3) is 0 Å². The fourth-order valence-electron chi connectivity index (χ4n) is 9.25. The van der Waals surface area contributed by atoms with Crippen LogP contribution < -0.4 is 0 Å². The lowest BCUT2D eigenvalue weighted by Crippen LogP contribution is -2.25. The highest BCUT2D eigenvalue weighted by Gasteiger charge is 2.14. The van der Waals surface area contributed by atoms with E-state index in [-0.39, 0.29) is 25.2 Å². The zero-order chi connectivity index (χ0) is 52.9. The van der Waals surface area contributed by atoms with Crippen LogP contribution >= 0.6 is 0 Å². The van der Waals surface area contributed by atoms with Crippen molar-refractivity contribution in [1.82, 2.24) is 0 Å². The maximum Gasteiger partial charge on any atom is 0.180 e. The van der Waals surface area contributed by atoms with Crippen LogP contribution in [0.5, 0.6) is 0 Å². The SMILES string of the molecule is CCCCCCCCOC(CCCCCCCCCC=CC(OCCCC)OC(C=CCCCCCCCCCC(OCCCCCCCC)OCCCCCCCC)OCCCC)OCCCCCCCC. The van der Waals surface area contributed by atoms with Gasteiger partial charge in [-0.3, -0.25) is 0 Å². The molecule has 2 unspecified atom stereocenters. The van der Waals surface area contributed by atoms with E-state index in [1.807, 2.05) is 0 Å². The van der Waals surface area contributed by atoms with Crippen LogP contribution in [0.25, 0.3) is 0 Å². The lowest BCUT2D eigenvalue weighted by molar-refractivity contribution is -0.208. The predicted molar refractivity (Wildman–Crippen MR) is 317 cm³/mol. The van der Waals surface area contributed by atoms with Crippen molar-refractivity contribution in [2.45, 2.75) is 362 Å². The minimum absolute atomic E-state index is 0.0165. The number of unbranched alkanes of at least 4 members (excludes halogenated alkanes) is 36. The van der Waals surface area contributed by atoms with E-state index in [0.29, 0.717) is 13.2 Å². The quantitative estimate of drug-likeness (QED) is 0.0342. The normalized spacial score (nSPS) is 13.0. The molecule has 73 heavy (non-hydrogen) atoms. The first-order valence-corrected chi connectivity index (χ1v) is 32.8. The Morgan fingerprint density at radius 3 is 0.753 bits per heavy atom. The molecule has 7 heteroatoms. The van der Waals surface area contributed by atoms with Crippen LogP contribution in [0.1, 0.15) is 337 Å². The molecule has 0 radical (unpaired) electrons. The first kappa shape index (κ1) is 72.2. The van der Waals surface area contributed by atoms with Gasteiger partial charge in [-0.2, -0.15) is 0 Å². The zero-order valence-corrected chi connectivity index (χ0v) is 50.2. The molecular weight excluding hydrogens is 905 g/mol. The van der Waals surface area contributed by atoms with Crippen molar-refractivity contribution < 1.29 is 33.2 Å². The largest absolute Gasteiger partial charge is 0.353 e. The summed E-state index contributed by atoms with van der Waals surface area (Å²) in [6, 6.07) is 0. The summed E-state index contributed by atoms with van der Waals surface area (Å²) in [6.45, 7) is 18.3. The summed E-state index contributed by atoms with van der Waals surface area (Å²) in [6.07, 6.45) is 65.4. The number of rotatable bonds is 64. The van der Waals surface area contributed by atoms with Crippen LogP contribution in [-0.4, -0.2) is 64.8 Å². The van der Waals surface area contributed by atoms with Gasteiger partial charge in [0.05, 0.1) is 13.2 Å². The second-order valence-electron chi connectivity index (χ2n) is 21.7. The predicted octanol–water partition coefficient (Wildman–Crippen LogP) is 21.6. The zero-order valence-electron chi connectivity index (χ0n) is 50.2. The number of hydrogen-bond acceptors (Lipinski definition) is 7. The highest BCUT2D eigenvalue weighted by atomic mass is 16.8. The summed E-state index contributed by atoms with van der Waals surface area (Å²) in [5.74, 6) is 0. The number of allylic oxidation sites excluding steroid dienone is 2. The summed E-state index contributed by atoms with van der Waals surface area (Å²) in [7, 11) is 0. The Morgan fingerprint density at radius 1 is 0.233 bits per heavy atom. The molecule has 0 aliphatic rings. The third kappa shape index (κ3) is 57.2. The van der Waals surface area contributed by atoms with Gasteiger partial charge >= 0.3 is 0 Å². The molecule has 0 bridgehead atoms. The van der Waals surface area contributed by atoms with Crippen LogP contribution in [0.4, 0.5) is 0 Å². The molecule has 0 aliphatic heterocycles. The van der Waals surface area contributed by atoms with Crippen LogP contribution in [0.15, 0.2) is 24.3 Å². The Bertz CT molecular complexity index is 936. The average molecular weight is 1040 g/mol. The van der Waals surface area contributed by atoms with E-state index in [2.05, 4.69) is 65.8 Å². The number of hydrogen-bond donors (Lipinski definition) is 0. The first-order valence-electron chi connectivity index (χ1n) is 32.8. The third-order valence-electron chi connectivity index (χ3n) is 14.2. The minimum atomic E-state index is -0.384. The summed E-state index contributed by atoms with van der Waals surface area (Å²) in [5.41, 5.74) is 0. The van der Waals surface area contributed by atoms with E-state index in [4.69, 9.17) is 33.2 Å². The molecule has 2 atom stereocenters. The third-order valence-corrected chi connectivity index (χ3v) is 14.2. The summed E-state index contributed by atoms with van der Waals surface area (Å²) in [4.78, 5) is 0. The van der Waals surface area contributed by atoms with Gasteiger partial charge in [-0.25, -0.2) is 0 Å². The van der Waals surface area contributed by atoms with E-state index < -0.39 is 0 Å². The van der Waals surface area contributed by atoms with E-state index in [1.54, 1.807) is 0 Å². The van der Waals surface area contributed by atoms with Gasteiger partial charge in [0.1, 0.15) is 0 Å². The fourth-order valence-corrected chi connectivity index (χ4v) is 9.25. The molecule has 0 heterocycles. The summed E-state index contributed by atoms with van der Waals surface area (Å²) < 4.78 is 44.1. The lowest BCUT2D eigenvalue weighted by atomic mass is 10.1. The van der Waals surface area contributed by atoms with E-state index in [1.165, 1.54) is 218 Å². The van der Waals surface area contributed by atoms with Gasteiger partial charge in [0.15, 0.2) is 25.2 Å². The molecule has 0 aromatic carbocycles. The first-order chi connectivity index (χ1) is 36.1. The van der Waals surface area contributed by atoms with Crippen LogP contribution in [0, 0.1) is 0 Å². The molecule has 0 fully saturated rings. The molecule has 0 aliphatic carbocycles. The molecule has 0 aromatic heterocycles. The second kappa shape index (κ2) is 63.7. The van der Waals surface area contributed by atoms with Crippen LogP contribution in [-0.2, 0) is 33.2 Å². The van der Waals surface area contributed by atoms with Gasteiger partial charge in [-0.05, 0) is 102 Å².